The second-order valence-corrected chi connectivity index (χ2v) is 8.23. The van der Waals surface area contributed by atoms with Crippen LogP contribution in [0.1, 0.15) is 15.9 Å². The van der Waals surface area contributed by atoms with Crippen molar-refractivity contribution < 1.29 is 22.7 Å². The molecule has 0 radical (unpaired) electrons. The summed E-state index contributed by atoms with van der Waals surface area (Å²) in [6, 6.07) is 21.7. The average molecular weight is 411 g/mol. The SMILES string of the molecule is COc1ccc(COC(=O)c2cccc(S(=O)(=O)N(C)c3ccccc3)c2)cc1. The Bertz CT molecular complexity index is 1080. The number of hydrogen-bond acceptors (Lipinski definition) is 5. The van der Waals surface area contributed by atoms with Gasteiger partial charge in [-0.25, -0.2) is 13.2 Å². The molecular formula is C22H21NO5S. The van der Waals surface area contributed by atoms with Gasteiger partial charge in [-0.3, -0.25) is 4.31 Å². The fraction of sp³-hybridized carbons (Fsp3) is 0.136. The molecule has 0 aliphatic heterocycles. The summed E-state index contributed by atoms with van der Waals surface area (Å²) in [7, 11) is -0.765. The second kappa shape index (κ2) is 8.79. The van der Waals surface area contributed by atoms with Gasteiger partial charge in [-0.05, 0) is 48.0 Å². The van der Waals surface area contributed by atoms with Crippen LogP contribution < -0.4 is 9.04 Å². The van der Waals surface area contributed by atoms with E-state index in [-0.39, 0.29) is 17.1 Å². The molecule has 0 heterocycles. The first kappa shape index (κ1) is 20.4. The molecule has 0 fully saturated rings. The number of benzene rings is 3. The smallest absolute Gasteiger partial charge is 0.338 e. The van der Waals surface area contributed by atoms with Gasteiger partial charge in [0.05, 0.1) is 23.3 Å². The maximum atomic E-state index is 12.9. The average Bonchev–Trinajstić information content (AvgIpc) is 2.78. The number of sulfonamides is 1. The predicted octanol–water partition coefficient (Wildman–Crippen LogP) is 3.88. The van der Waals surface area contributed by atoms with Gasteiger partial charge in [0.1, 0.15) is 12.4 Å². The first-order valence-electron chi connectivity index (χ1n) is 8.86. The molecule has 29 heavy (non-hydrogen) atoms. The van der Waals surface area contributed by atoms with Gasteiger partial charge in [0.15, 0.2) is 0 Å². The van der Waals surface area contributed by atoms with Gasteiger partial charge in [0, 0.05) is 7.05 Å². The van der Waals surface area contributed by atoms with Gasteiger partial charge < -0.3 is 9.47 Å². The Balaban J connectivity index is 1.75. The summed E-state index contributed by atoms with van der Waals surface area (Å²) in [6.07, 6.45) is 0. The lowest BCUT2D eigenvalue weighted by Gasteiger charge is -2.19. The molecular weight excluding hydrogens is 390 g/mol. The standard InChI is InChI=1S/C22H21NO5S/c1-23(19-8-4-3-5-9-19)29(25,26)21-10-6-7-18(15-21)22(24)28-16-17-11-13-20(27-2)14-12-17/h3-15H,16H2,1-2H3. The number of hydrogen-bond donors (Lipinski definition) is 0. The van der Waals surface area contributed by atoms with Gasteiger partial charge in [-0.15, -0.1) is 0 Å². The topological polar surface area (TPSA) is 72.9 Å². The summed E-state index contributed by atoms with van der Waals surface area (Å²) in [5.74, 6) is 0.112. The number of ether oxygens (including phenoxy) is 2. The van der Waals surface area contributed by atoms with E-state index in [4.69, 9.17) is 9.47 Å². The quantitative estimate of drug-likeness (QED) is 0.552. The lowest BCUT2D eigenvalue weighted by atomic mass is 10.2. The van der Waals surface area contributed by atoms with Crippen molar-refractivity contribution >= 4 is 21.7 Å². The Morgan fingerprint density at radius 3 is 2.28 bits per heavy atom. The Morgan fingerprint density at radius 1 is 0.931 bits per heavy atom. The fourth-order valence-electron chi connectivity index (χ4n) is 2.67. The molecule has 0 unspecified atom stereocenters. The summed E-state index contributed by atoms with van der Waals surface area (Å²) < 4.78 is 37.4. The molecule has 3 aromatic rings. The number of carbonyl (C=O) groups is 1. The van der Waals surface area contributed by atoms with Crippen molar-refractivity contribution in [3.05, 3.63) is 90.0 Å². The van der Waals surface area contributed by atoms with Crippen LogP contribution in [0, 0.1) is 0 Å². The third-order valence-electron chi connectivity index (χ3n) is 4.38. The fourth-order valence-corrected chi connectivity index (χ4v) is 3.91. The third-order valence-corrected chi connectivity index (χ3v) is 6.16. The zero-order chi connectivity index (χ0) is 20.9. The lowest BCUT2D eigenvalue weighted by molar-refractivity contribution is 0.0472. The van der Waals surface area contributed by atoms with E-state index < -0.39 is 16.0 Å². The van der Waals surface area contributed by atoms with Crippen LogP contribution in [0.5, 0.6) is 5.75 Å². The molecule has 0 aromatic heterocycles. The van der Waals surface area contributed by atoms with Gasteiger partial charge in [-0.2, -0.15) is 0 Å². The molecule has 0 N–H and O–H groups in total. The highest BCUT2D eigenvalue weighted by Gasteiger charge is 2.22. The van der Waals surface area contributed by atoms with Crippen molar-refractivity contribution in [1.29, 1.82) is 0 Å². The molecule has 6 nitrogen and oxygen atoms in total. The summed E-state index contributed by atoms with van der Waals surface area (Å²) in [6.45, 7) is 0.0731. The van der Waals surface area contributed by atoms with Crippen LogP contribution in [0.25, 0.3) is 0 Å². The number of para-hydroxylation sites is 1. The first-order valence-corrected chi connectivity index (χ1v) is 10.3. The van der Waals surface area contributed by atoms with E-state index in [2.05, 4.69) is 0 Å². The van der Waals surface area contributed by atoms with Crippen molar-refractivity contribution in [1.82, 2.24) is 0 Å². The molecule has 150 valence electrons. The molecule has 3 rings (SSSR count). The third kappa shape index (κ3) is 4.75. The minimum Gasteiger partial charge on any atom is -0.497 e. The Hall–Kier alpha value is -3.32. The summed E-state index contributed by atoms with van der Waals surface area (Å²) >= 11 is 0. The summed E-state index contributed by atoms with van der Waals surface area (Å²) in [5, 5.41) is 0. The van der Waals surface area contributed by atoms with E-state index in [1.54, 1.807) is 55.6 Å². The van der Waals surface area contributed by atoms with Gasteiger partial charge >= 0.3 is 5.97 Å². The zero-order valence-electron chi connectivity index (χ0n) is 16.1. The van der Waals surface area contributed by atoms with Crippen LogP contribution >= 0.6 is 0 Å². The molecule has 7 heteroatoms. The summed E-state index contributed by atoms with van der Waals surface area (Å²) in [4.78, 5) is 12.4. The number of anilines is 1. The largest absolute Gasteiger partial charge is 0.497 e. The van der Waals surface area contributed by atoms with Crippen molar-refractivity contribution in [2.24, 2.45) is 0 Å². The lowest BCUT2D eigenvalue weighted by Crippen LogP contribution is -2.26. The Kier molecular flexibility index (Phi) is 6.19. The minimum atomic E-state index is -3.81. The molecule has 0 atom stereocenters. The second-order valence-electron chi connectivity index (χ2n) is 6.26. The van der Waals surface area contributed by atoms with E-state index in [1.165, 1.54) is 35.6 Å². The molecule has 0 bridgehead atoms. The van der Waals surface area contributed by atoms with Crippen LogP contribution in [0.4, 0.5) is 5.69 Å². The van der Waals surface area contributed by atoms with Crippen molar-refractivity contribution in [2.45, 2.75) is 11.5 Å². The first-order chi connectivity index (χ1) is 13.9. The minimum absolute atomic E-state index is 0.0164. The number of nitrogens with zero attached hydrogens (tertiary/aromatic N) is 1. The highest BCUT2D eigenvalue weighted by atomic mass is 32.2. The van der Waals surface area contributed by atoms with E-state index in [0.29, 0.717) is 11.4 Å². The van der Waals surface area contributed by atoms with Crippen LogP contribution in [0.15, 0.2) is 83.8 Å². The Labute approximate surface area is 170 Å². The van der Waals surface area contributed by atoms with Crippen LogP contribution in [-0.4, -0.2) is 28.5 Å². The van der Waals surface area contributed by atoms with E-state index >= 15 is 0 Å². The van der Waals surface area contributed by atoms with Crippen molar-refractivity contribution in [2.75, 3.05) is 18.5 Å². The molecule has 0 aliphatic rings. The molecule has 0 saturated heterocycles. The number of carbonyl (C=O) groups excluding carboxylic acids is 1. The molecule has 0 amide bonds. The Morgan fingerprint density at radius 2 is 1.62 bits per heavy atom. The van der Waals surface area contributed by atoms with Gasteiger partial charge in [0.2, 0.25) is 0 Å². The van der Waals surface area contributed by atoms with E-state index in [1.807, 2.05) is 6.07 Å². The summed E-state index contributed by atoms with van der Waals surface area (Å²) in [5.41, 5.74) is 1.49. The highest BCUT2D eigenvalue weighted by Crippen LogP contribution is 2.22. The van der Waals surface area contributed by atoms with E-state index in [0.717, 1.165) is 5.56 Å². The predicted molar refractivity (Wildman–Crippen MR) is 111 cm³/mol. The number of esters is 1. The number of methoxy groups -OCH3 is 1. The molecule has 3 aromatic carbocycles. The van der Waals surface area contributed by atoms with Crippen LogP contribution in [0.3, 0.4) is 0 Å². The maximum absolute atomic E-state index is 12.9. The van der Waals surface area contributed by atoms with Crippen LogP contribution in [-0.2, 0) is 21.4 Å². The van der Waals surface area contributed by atoms with Crippen molar-refractivity contribution in [3.8, 4) is 5.75 Å². The van der Waals surface area contributed by atoms with Gasteiger partial charge in [0.25, 0.3) is 10.0 Å². The van der Waals surface area contributed by atoms with E-state index in [9.17, 15) is 13.2 Å². The zero-order valence-corrected chi connectivity index (χ0v) is 16.9. The van der Waals surface area contributed by atoms with Crippen LogP contribution in [0.2, 0.25) is 0 Å². The molecule has 0 saturated carbocycles. The number of rotatable bonds is 7. The van der Waals surface area contributed by atoms with Gasteiger partial charge in [-0.1, -0.05) is 36.4 Å². The maximum Gasteiger partial charge on any atom is 0.338 e. The highest BCUT2D eigenvalue weighted by molar-refractivity contribution is 7.92. The molecule has 0 spiro atoms. The van der Waals surface area contributed by atoms with Crippen molar-refractivity contribution in [3.63, 3.8) is 0 Å². The normalized spacial score (nSPS) is 11.0. The monoisotopic (exact) mass is 411 g/mol. The molecule has 0 aliphatic carbocycles.